The van der Waals surface area contributed by atoms with E-state index in [1.165, 1.54) is 18.2 Å². The third kappa shape index (κ3) is 2.68. The Balaban J connectivity index is 2.20. The van der Waals surface area contributed by atoms with Gasteiger partial charge in [-0.1, -0.05) is 18.9 Å². The van der Waals surface area contributed by atoms with E-state index in [1.807, 2.05) is 0 Å². The SMILES string of the molecule is O=C(O)C(Cc1c(F)cccc1F)C1CCCC1. The number of rotatable bonds is 4. The van der Waals surface area contributed by atoms with E-state index in [4.69, 9.17) is 0 Å². The van der Waals surface area contributed by atoms with Crippen molar-refractivity contribution in [2.24, 2.45) is 11.8 Å². The Labute approximate surface area is 105 Å². The summed E-state index contributed by atoms with van der Waals surface area (Å²) in [5, 5.41) is 9.23. The molecule has 0 bridgehead atoms. The molecule has 2 nitrogen and oxygen atoms in total. The molecule has 1 atom stereocenters. The van der Waals surface area contributed by atoms with Gasteiger partial charge in [0.25, 0.3) is 0 Å². The third-order valence-corrected chi connectivity index (χ3v) is 3.77. The van der Waals surface area contributed by atoms with Gasteiger partial charge >= 0.3 is 5.97 Å². The molecule has 0 spiro atoms. The van der Waals surface area contributed by atoms with Gasteiger partial charge in [-0.2, -0.15) is 0 Å². The van der Waals surface area contributed by atoms with Gasteiger partial charge in [-0.3, -0.25) is 4.79 Å². The molecule has 0 aliphatic heterocycles. The lowest BCUT2D eigenvalue weighted by Gasteiger charge is -2.19. The monoisotopic (exact) mass is 254 g/mol. The van der Waals surface area contributed by atoms with Crippen molar-refractivity contribution in [2.45, 2.75) is 32.1 Å². The third-order valence-electron chi connectivity index (χ3n) is 3.77. The van der Waals surface area contributed by atoms with Crippen LogP contribution in [-0.2, 0) is 11.2 Å². The smallest absolute Gasteiger partial charge is 0.307 e. The largest absolute Gasteiger partial charge is 0.481 e. The molecule has 1 aromatic rings. The van der Waals surface area contributed by atoms with Crippen molar-refractivity contribution in [1.29, 1.82) is 0 Å². The molecule has 2 rings (SSSR count). The molecule has 4 heteroatoms. The molecule has 1 saturated carbocycles. The molecule has 0 saturated heterocycles. The highest BCUT2D eigenvalue weighted by Gasteiger charge is 2.32. The maximum Gasteiger partial charge on any atom is 0.307 e. The van der Waals surface area contributed by atoms with Crippen LogP contribution in [0.25, 0.3) is 0 Å². The maximum absolute atomic E-state index is 13.5. The summed E-state index contributed by atoms with van der Waals surface area (Å²) in [6.45, 7) is 0. The number of benzene rings is 1. The van der Waals surface area contributed by atoms with E-state index in [0.717, 1.165) is 25.7 Å². The quantitative estimate of drug-likeness (QED) is 0.894. The van der Waals surface area contributed by atoms with Gasteiger partial charge in [0.1, 0.15) is 11.6 Å². The first-order chi connectivity index (χ1) is 8.59. The maximum atomic E-state index is 13.5. The summed E-state index contributed by atoms with van der Waals surface area (Å²) in [7, 11) is 0. The van der Waals surface area contributed by atoms with Crippen molar-refractivity contribution in [3.8, 4) is 0 Å². The number of carboxylic acid groups (broad SMARTS) is 1. The fraction of sp³-hybridized carbons (Fsp3) is 0.500. The predicted octanol–water partition coefficient (Wildman–Crippen LogP) is 3.40. The summed E-state index contributed by atoms with van der Waals surface area (Å²) in [6.07, 6.45) is 3.64. The molecule has 1 N–H and O–H groups in total. The molecular weight excluding hydrogens is 238 g/mol. The minimum Gasteiger partial charge on any atom is -0.481 e. The van der Waals surface area contributed by atoms with Crippen molar-refractivity contribution in [2.75, 3.05) is 0 Å². The fourth-order valence-corrected chi connectivity index (χ4v) is 2.76. The van der Waals surface area contributed by atoms with Crippen LogP contribution in [0.2, 0.25) is 0 Å². The van der Waals surface area contributed by atoms with Gasteiger partial charge in [0.2, 0.25) is 0 Å². The van der Waals surface area contributed by atoms with Gasteiger partial charge in [-0.15, -0.1) is 0 Å². The molecule has 98 valence electrons. The number of halogens is 2. The van der Waals surface area contributed by atoms with E-state index in [0.29, 0.717) is 0 Å². The molecule has 1 unspecified atom stereocenters. The minimum absolute atomic E-state index is 0.0431. The van der Waals surface area contributed by atoms with E-state index in [9.17, 15) is 18.7 Å². The fourth-order valence-electron chi connectivity index (χ4n) is 2.76. The molecule has 0 amide bonds. The Kier molecular flexibility index (Phi) is 3.94. The first kappa shape index (κ1) is 13.0. The molecule has 0 heterocycles. The van der Waals surface area contributed by atoms with Crippen molar-refractivity contribution >= 4 is 5.97 Å². The Hall–Kier alpha value is -1.45. The zero-order valence-corrected chi connectivity index (χ0v) is 10.0. The van der Waals surface area contributed by atoms with Crippen LogP contribution >= 0.6 is 0 Å². The van der Waals surface area contributed by atoms with Crippen LogP contribution < -0.4 is 0 Å². The van der Waals surface area contributed by atoms with Crippen molar-refractivity contribution in [3.63, 3.8) is 0 Å². The highest BCUT2D eigenvalue weighted by molar-refractivity contribution is 5.71. The summed E-state index contributed by atoms with van der Waals surface area (Å²) in [4.78, 5) is 11.3. The summed E-state index contributed by atoms with van der Waals surface area (Å²) in [6, 6.07) is 3.64. The molecular formula is C14H16F2O2. The van der Waals surface area contributed by atoms with E-state index in [-0.39, 0.29) is 17.9 Å². The van der Waals surface area contributed by atoms with E-state index >= 15 is 0 Å². The van der Waals surface area contributed by atoms with Crippen molar-refractivity contribution in [3.05, 3.63) is 35.4 Å². The van der Waals surface area contributed by atoms with Crippen LogP contribution in [0.15, 0.2) is 18.2 Å². The van der Waals surface area contributed by atoms with Crippen LogP contribution in [0.1, 0.15) is 31.2 Å². The molecule has 1 aromatic carbocycles. The Bertz CT molecular complexity index is 419. The number of carbonyl (C=O) groups is 1. The van der Waals surface area contributed by atoms with Crippen LogP contribution in [0, 0.1) is 23.5 Å². The summed E-state index contributed by atoms with van der Waals surface area (Å²) < 4.78 is 27.1. The Morgan fingerprint density at radius 1 is 1.28 bits per heavy atom. The van der Waals surface area contributed by atoms with E-state index in [2.05, 4.69) is 0 Å². The topological polar surface area (TPSA) is 37.3 Å². The highest BCUT2D eigenvalue weighted by atomic mass is 19.1. The lowest BCUT2D eigenvalue weighted by atomic mass is 9.85. The molecule has 0 radical (unpaired) electrons. The zero-order chi connectivity index (χ0) is 13.1. The lowest BCUT2D eigenvalue weighted by molar-refractivity contribution is -0.143. The normalized spacial score (nSPS) is 17.9. The van der Waals surface area contributed by atoms with Crippen LogP contribution in [0.4, 0.5) is 8.78 Å². The molecule has 1 fully saturated rings. The molecule has 1 aliphatic rings. The summed E-state index contributed by atoms with van der Waals surface area (Å²) >= 11 is 0. The number of aliphatic carboxylic acids is 1. The Morgan fingerprint density at radius 3 is 2.33 bits per heavy atom. The average Bonchev–Trinajstić information content (AvgIpc) is 2.81. The van der Waals surface area contributed by atoms with E-state index in [1.54, 1.807) is 0 Å². The number of hydrogen-bond donors (Lipinski definition) is 1. The molecule has 18 heavy (non-hydrogen) atoms. The van der Waals surface area contributed by atoms with Gasteiger partial charge < -0.3 is 5.11 Å². The first-order valence-corrected chi connectivity index (χ1v) is 6.25. The molecule has 1 aliphatic carbocycles. The van der Waals surface area contributed by atoms with Crippen LogP contribution in [0.5, 0.6) is 0 Å². The highest BCUT2D eigenvalue weighted by Crippen LogP contribution is 2.34. The van der Waals surface area contributed by atoms with Gasteiger partial charge in [-0.25, -0.2) is 8.78 Å². The van der Waals surface area contributed by atoms with Crippen LogP contribution in [-0.4, -0.2) is 11.1 Å². The average molecular weight is 254 g/mol. The van der Waals surface area contributed by atoms with Gasteiger partial charge in [0.15, 0.2) is 0 Å². The number of carboxylic acids is 1. The van der Waals surface area contributed by atoms with Crippen molar-refractivity contribution < 1.29 is 18.7 Å². The van der Waals surface area contributed by atoms with Crippen molar-refractivity contribution in [1.82, 2.24) is 0 Å². The molecule has 0 aromatic heterocycles. The second-order valence-electron chi connectivity index (χ2n) is 4.89. The predicted molar refractivity (Wildman–Crippen MR) is 63.1 cm³/mol. The van der Waals surface area contributed by atoms with Gasteiger partial charge in [0.05, 0.1) is 5.92 Å². The Morgan fingerprint density at radius 2 is 1.83 bits per heavy atom. The second kappa shape index (κ2) is 5.46. The second-order valence-corrected chi connectivity index (χ2v) is 4.89. The zero-order valence-electron chi connectivity index (χ0n) is 10.0. The minimum atomic E-state index is -0.954. The van der Waals surface area contributed by atoms with E-state index < -0.39 is 23.5 Å². The van der Waals surface area contributed by atoms with Gasteiger partial charge in [-0.05, 0) is 37.3 Å². The summed E-state index contributed by atoms with van der Waals surface area (Å²) in [5.74, 6) is -2.90. The first-order valence-electron chi connectivity index (χ1n) is 6.25. The number of hydrogen-bond acceptors (Lipinski definition) is 1. The summed E-state index contributed by atoms with van der Waals surface area (Å²) in [5.41, 5.74) is -0.100. The standard InChI is InChI=1S/C14H16F2O2/c15-12-6-3-7-13(16)11(12)8-10(14(17)18)9-4-1-2-5-9/h3,6-7,9-10H,1-2,4-5,8H2,(H,17,18). The lowest BCUT2D eigenvalue weighted by Crippen LogP contribution is -2.25. The van der Waals surface area contributed by atoms with Crippen LogP contribution in [0.3, 0.4) is 0 Å². The van der Waals surface area contributed by atoms with Gasteiger partial charge in [0, 0.05) is 5.56 Å².